The third-order valence-electron chi connectivity index (χ3n) is 4.82. The molecular formula is C24H22FN7O5. The van der Waals surface area contributed by atoms with Gasteiger partial charge in [0, 0.05) is 16.9 Å². The summed E-state index contributed by atoms with van der Waals surface area (Å²) in [6.07, 6.45) is 1.04. The molecule has 1 amide bonds. The highest BCUT2D eigenvalue weighted by Gasteiger charge is 2.11. The summed E-state index contributed by atoms with van der Waals surface area (Å²) in [7, 11) is 1.24. The highest BCUT2D eigenvalue weighted by atomic mass is 19.1. The van der Waals surface area contributed by atoms with Crippen LogP contribution in [-0.2, 0) is 16.1 Å². The summed E-state index contributed by atoms with van der Waals surface area (Å²) in [4.78, 5) is 35.4. The molecule has 190 valence electrons. The second-order valence-corrected chi connectivity index (χ2v) is 7.52. The Kier molecular flexibility index (Phi) is 7.83. The maximum absolute atomic E-state index is 14.3. The number of carbonyl (C=O) groups is 2. The van der Waals surface area contributed by atoms with E-state index in [9.17, 15) is 14.0 Å². The van der Waals surface area contributed by atoms with Crippen molar-refractivity contribution in [1.82, 2.24) is 25.4 Å². The number of aromatic nitrogens is 4. The Balaban J connectivity index is 1.35. The van der Waals surface area contributed by atoms with Gasteiger partial charge in [-0.15, -0.1) is 0 Å². The summed E-state index contributed by atoms with van der Waals surface area (Å²) in [6, 6.07) is 13.2. The zero-order chi connectivity index (χ0) is 26.2. The number of amides is 1. The Morgan fingerprint density at radius 3 is 2.38 bits per heavy atom. The summed E-state index contributed by atoms with van der Waals surface area (Å²) in [5.41, 5.74) is 1.49. The standard InChI is InChI=1S/C24H22FN7O5/c1-14-28-20(37-32-14)13-36-18-9-7-16(8-10-18)29-22-19(25)11-27-24(31-22)30-17-5-3-15(4-6-17)23(34)26-12-21(33)35-2/h3-11H,12-13H2,1-2H3,(H,26,34)(H2,27,29,30,31). The van der Waals surface area contributed by atoms with Gasteiger partial charge in [-0.25, -0.2) is 9.37 Å². The highest BCUT2D eigenvalue weighted by Crippen LogP contribution is 2.23. The fourth-order valence-corrected chi connectivity index (χ4v) is 2.99. The molecule has 12 nitrogen and oxygen atoms in total. The van der Waals surface area contributed by atoms with Crippen LogP contribution in [0.1, 0.15) is 22.1 Å². The first-order chi connectivity index (χ1) is 17.9. The second-order valence-electron chi connectivity index (χ2n) is 7.52. The minimum Gasteiger partial charge on any atom is -0.484 e. The molecule has 0 saturated carbocycles. The molecule has 0 unspecified atom stereocenters. The Hall–Kier alpha value is -5.07. The lowest BCUT2D eigenvalue weighted by Gasteiger charge is -2.11. The lowest BCUT2D eigenvalue weighted by Crippen LogP contribution is -2.30. The van der Waals surface area contributed by atoms with Crippen LogP contribution >= 0.6 is 0 Å². The van der Waals surface area contributed by atoms with Crippen LogP contribution in [0, 0.1) is 12.7 Å². The number of benzene rings is 2. The topological polar surface area (TPSA) is 153 Å². The number of nitrogens with zero attached hydrogens (tertiary/aromatic N) is 4. The van der Waals surface area contributed by atoms with E-state index in [1.807, 2.05) is 0 Å². The van der Waals surface area contributed by atoms with Crippen molar-refractivity contribution in [2.75, 3.05) is 24.3 Å². The molecule has 0 radical (unpaired) electrons. The van der Waals surface area contributed by atoms with Crippen LogP contribution in [0.5, 0.6) is 5.75 Å². The number of nitrogens with one attached hydrogen (secondary N) is 3. The van der Waals surface area contributed by atoms with Gasteiger partial charge in [0.15, 0.2) is 24.1 Å². The maximum Gasteiger partial charge on any atom is 0.325 e. The third kappa shape index (κ3) is 6.97. The zero-order valence-electron chi connectivity index (χ0n) is 19.8. The summed E-state index contributed by atoms with van der Waals surface area (Å²) in [5, 5.41) is 12.0. The van der Waals surface area contributed by atoms with Gasteiger partial charge in [0.1, 0.15) is 12.3 Å². The van der Waals surface area contributed by atoms with Crippen molar-refractivity contribution in [2.24, 2.45) is 0 Å². The van der Waals surface area contributed by atoms with Crippen molar-refractivity contribution in [1.29, 1.82) is 0 Å². The molecule has 4 rings (SSSR count). The molecule has 3 N–H and O–H groups in total. The molecule has 0 aliphatic rings. The van der Waals surface area contributed by atoms with Gasteiger partial charge < -0.3 is 29.9 Å². The number of carbonyl (C=O) groups excluding carboxylic acids is 2. The Morgan fingerprint density at radius 1 is 1.00 bits per heavy atom. The van der Waals surface area contributed by atoms with Crippen LogP contribution in [0.15, 0.2) is 59.3 Å². The number of anilines is 4. The fraction of sp³-hybridized carbons (Fsp3) is 0.167. The number of esters is 1. The van der Waals surface area contributed by atoms with Gasteiger partial charge in [0.05, 0.1) is 13.3 Å². The van der Waals surface area contributed by atoms with E-state index in [0.717, 1.165) is 6.20 Å². The SMILES string of the molecule is COC(=O)CNC(=O)c1ccc(Nc2ncc(F)c(Nc3ccc(OCc4nc(C)no4)cc3)n2)cc1. The summed E-state index contributed by atoms with van der Waals surface area (Å²) in [5.74, 6) is -0.0700. The van der Waals surface area contributed by atoms with Crippen molar-refractivity contribution in [3.05, 3.63) is 77.8 Å². The van der Waals surface area contributed by atoms with E-state index in [2.05, 4.69) is 40.8 Å². The second kappa shape index (κ2) is 11.6. The molecule has 0 aliphatic carbocycles. The number of rotatable bonds is 10. The third-order valence-corrected chi connectivity index (χ3v) is 4.82. The van der Waals surface area contributed by atoms with Gasteiger partial charge in [-0.2, -0.15) is 9.97 Å². The molecule has 0 aliphatic heterocycles. The number of hydrogen-bond donors (Lipinski definition) is 3. The largest absolute Gasteiger partial charge is 0.484 e. The predicted molar refractivity (Wildman–Crippen MR) is 129 cm³/mol. The van der Waals surface area contributed by atoms with E-state index < -0.39 is 17.7 Å². The van der Waals surface area contributed by atoms with Gasteiger partial charge in [-0.05, 0) is 55.5 Å². The molecule has 37 heavy (non-hydrogen) atoms. The van der Waals surface area contributed by atoms with Crippen LogP contribution in [-0.4, -0.2) is 45.6 Å². The van der Waals surface area contributed by atoms with Crippen LogP contribution in [0.4, 0.5) is 27.5 Å². The van der Waals surface area contributed by atoms with Gasteiger partial charge >= 0.3 is 5.97 Å². The Bertz CT molecular complexity index is 1380. The molecule has 4 aromatic rings. The summed E-state index contributed by atoms with van der Waals surface area (Å²) >= 11 is 0. The first-order valence-corrected chi connectivity index (χ1v) is 10.9. The number of hydrogen-bond acceptors (Lipinski definition) is 11. The van der Waals surface area contributed by atoms with Crippen molar-refractivity contribution >= 4 is 35.0 Å². The smallest absolute Gasteiger partial charge is 0.325 e. The molecule has 0 fully saturated rings. The van der Waals surface area contributed by atoms with E-state index in [0.29, 0.717) is 34.4 Å². The number of halogens is 1. The molecule has 2 heterocycles. The molecule has 13 heteroatoms. The van der Waals surface area contributed by atoms with Gasteiger partial charge in [0.2, 0.25) is 5.95 Å². The monoisotopic (exact) mass is 507 g/mol. The van der Waals surface area contributed by atoms with Crippen molar-refractivity contribution < 1.29 is 28.0 Å². The number of methoxy groups -OCH3 is 1. The van der Waals surface area contributed by atoms with Crippen molar-refractivity contribution in [2.45, 2.75) is 13.5 Å². The molecule has 0 saturated heterocycles. The molecule has 0 spiro atoms. The van der Waals surface area contributed by atoms with Gasteiger partial charge in [-0.3, -0.25) is 9.59 Å². The molecule has 0 bridgehead atoms. The van der Waals surface area contributed by atoms with Crippen molar-refractivity contribution in [3.8, 4) is 5.75 Å². The average molecular weight is 507 g/mol. The fourth-order valence-electron chi connectivity index (χ4n) is 2.99. The van der Waals surface area contributed by atoms with Crippen LogP contribution < -0.4 is 20.7 Å². The quantitative estimate of drug-likeness (QED) is 0.271. The predicted octanol–water partition coefficient (Wildman–Crippen LogP) is 3.28. The first kappa shape index (κ1) is 25.0. The van der Waals surface area contributed by atoms with Crippen LogP contribution in [0.2, 0.25) is 0 Å². The molecular weight excluding hydrogens is 485 g/mol. The summed E-state index contributed by atoms with van der Waals surface area (Å²) < 4.78 is 29.4. The number of aryl methyl sites for hydroxylation is 1. The Morgan fingerprint density at radius 2 is 1.70 bits per heavy atom. The lowest BCUT2D eigenvalue weighted by atomic mass is 10.2. The maximum atomic E-state index is 14.3. The lowest BCUT2D eigenvalue weighted by molar-refractivity contribution is -0.139. The van der Waals surface area contributed by atoms with Gasteiger partial charge in [-0.1, -0.05) is 5.16 Å². The normalized spacial score (nSPS) is 10.5. The van der Waals surface area contributed by atoms with Crippen molar-refractivity contribution in [3.63, 3.8) is 0 Å². The summed E-state index contributed by atoms with van der Waals surface area (Å²) in [6.45, 7) is 1.61. The van der Waals surface area contributed by atoms with Crippen LogP contribution in [0.25, 0.3) is 0 Å². The molecule has 0 atom stereocenters. The van der Waals surface area contributed by atoms with E-state index in [4.69, 9.17) is 9.26 Å². The minimum absolute atomic E-state index is 0.0358. The van der Waals surface area contributed by atoms with E-state index in [-0.39, 0.29) is 24.9 Å². The number of ether oxygens (including phenoxy) is 2. The molecule has 2 aromatic carbocycles. The van der Waals surface area contributed by atoms with E-state index >= 15 is 0 Å². The first-order valence-electron chi connectivity index (χ1n) is 10.9. The zero-order valence-corrected chi connectivity index (χ0v) is 19.8. The highest BCUT2D eigenvalue weighted by molar-refractivity contribution is 5.96. The van der Waals surface area contributed by atoms with Gasteiger partial charge in [0.25, 0.3) is 11.8 Å². The van der Waals surface area contributed by atoms with Crippen LogP contribution in [0.3, 0.4) is 0 Å². The minimum atomic E-state index is -0.643. The molecule has 2 aromatic heterocycles. The van der Waals surface area contributed by atoms with E-state index in [1.165, 1.54) is 7.11 Å². The Labute approximate surface area is 210 Å². The average Bonchev–Trinajstić information content (AvgIpc) is 3.34. The van der Waals surface area contributed by atoms with E-state index in [1.54, 1.807) is 55.5 Å².